The van der Waals surface area contributed by atoms with Crippen LogP contribution in [0.3, 0.4) is 0 Å². The molecule has 2 aromatic heterocycles. The molecule has 90 valence electrons. The molecule has 1 fully saturated rings. The number of aromatic nitrogens is 3. The number of nitrogens with zero attached hydrogens (tertiary/aromatic N) is 3. The van der Waals surface area contributed by atoms with Crippen LogP contribution in [0.1, 0.15) is 6.42 Å². The molecule has 4 nitrogen and oxygen atoms in total. The predicted molar refractivity (Wildman–Crippen MR) is 60.2 cm³/mol. The lowest BCUT2D eigenvalue weighted by Gasteiger charge is -2.40. The lowest BCUT2D eigenvalue weighted by molar-refractivity contribution is 0.107. The van der Waals surface area contributed by atoms with E-state index in [1.165, 1.54) is 6.33 Å². The fourth-order valence-corrected chi connectivity index (χ4v) is 2.25. The molecule has 6 heteroatoms. The Balaban J connectivity index is 1.76. The summed E-state index contributed by atoms with van der Waals surface area (Å²) in [6, 6.07) is 1.91. The van der Waals surface area contributed by atoms with E-state index >= 15 is 0 Å². The fraction of sp³-hybridized carbons (Fsp3) is 0.455. The summed E-state index contributed by atoms with van der Waals surface area (Å²) in [4.78, 5) is 13.3. The fourth-order valence-electron chi connectivity index (χ4n) is 2.25. The molecule has 3 heterocycles. The molecule has 0 aliphatic carbocycles. The first-order valence-electron chi connectivity index (χ1n) is 5.55. The third kappa shape index (κ3) is 1.83. The third-order valence-electron chi connectivity index (χ3n) is 3.10. The van der Waals surface area contributed by atoms with Crippen molar-refractivity contribution >= 4 is 16.9 Å². The zero-order valence-electron chi connectivity index (χ0n) is 9.11. The van der Waals surface area contributed by atoms with Gasteiger partial charge in [-0.05, 0) is 12.0 Å². The average Bonchev–Trinajstić information content (AvgIpc) is 2.70. The van der Waals surface area contributed by atoms with E-state index in [0.717, 1.165) is 16.9 Å². The van der Waals surface area contributed by atoms with Crippen LogP contribution in [0, 0.1) is 5.92 Å². The number of halogens is 2. The van der Waals surface area contributed by atoms with Crippen molar-refractivity contribution in [3.63, 3.8) is 0 Å². The molecule has 2 aromatic rings. The van der Waals surface area contributed by atoms with Crippen LogP contribution in [0.15, 0.2) is 18.6 Å². The van der Waals surface area contributed by atoms with Gasteiger partial charge in [0.15, 0.2) is 0 Å². The van der Waals surface area contributed by atoms with Crippen LogP contribution in [-0.2, 0) is 0 Å². The molecule has 0 saturated carbocycles. The lowest BCUT2D eigenvalue weighted by atomic mass is 9.96. The average molecular weight is 238 g/mol. The van der Waals surface area contributed by atoms with Gasteiger partial charge in [0.25, 0.3) is 0 Å². The Kier molecular flexibility index (Phi) is 2.42. The van der Waals surface area contributed by atoms with E-state index in [9.17, 15) is 8.78 Å². The van der Waals surface area contributed by atoms with Gasteiger partial charge in [-0.15, -0.1) is 0 Å². The maximum Gasteiger partial charge on any atom is 0.239 e. The van der Waals surface area contributed by atoms with E-state index in [4.69, 9.17) is 0 Å². The normalized spacial score (nSPS) is 16.8. The molecule has 0 amide bonds. The molecule has 0 spiro atoms. The largest absolute Gasteiger partial charge is 0.355 e. The second-order valence-electron chi connectivity index (χ2n) is 4.34. The van der Waals surface area contributed by atoms with Gasteiger partial charge in [0.1, 0.15) is 17.8 Å². The number of fused-ring (bicyclic) bond motifs is 1. The molecular formula is C11H12F2N4. The van der Waals surface area contributed by atoms with Crippen LogP contribution < -0.4 is 4.90 Å². The summed E-state index contributed by atoms with van der Waals surface area (Å²) in [6.07, 6.45) is 1.07. The van der Waals surface area contributed by atoms with Crippen LogP contribution in [0.5, 0.6) is 0 Å². The zero-order valence-corrected chi connectivity index (χ0v) is 9.11. The minimum absolute atomic E-state index is 0.0160. The monoisotopic (exact) mass is 238 g/mol. The van der Waals surface area contributed by atoms with Gasteiger partial charge in [-0.2, -0.15) is 0 Å². The van der Waals surface area contributed by atoms with Crippen LogP contribution >= 0.6 is 0 Å². The number of anilines is 1. The van der Waals surface area contributed by atoms with Crippen molar-refractivity contribution in [3.05, 3.63) is 18.6 Å². The molecule has 0 unspecified atom stereocenters. The number of hydrogen-bond donors (Lipinski definition) is 1. The van der Waals surface area contributed by atoms with E-state index in [1.807, 2.05) is 11.0 Å². The van der Waals surface area contributed by atoms with Crippen LogP contribution in [0.25, 0.3) is 11.0 Å². The van der Waals surface area contributed by atoms with Crippen LogP contribution in [-0.4, -0.2) is 34.5 Å². The summed E-state index contributed by atoms with van der Waals surface area (Å²) < 4.78 is 24.4. The van der Waals surface area contributed by atoms with Crippen molar-refractivity contribution in [1.29, 1.82) is 0 Å². The molecule has 1 N–H and O–H groups in total. The van der Waals surface area contributed by atoms with Gasteiger partial charge in [0.2, 0.25) is 6.43 Å². The van der Waals surface area contributed by atoms with Gasteiger partial charge in [-0.3, -0.25) is 0 Å². The first kappa shape index (κ1) is 10.4. The van der Waals surface area contributed by atoms with Crippen molar-refractivity contribution < 1.29 is 8.78 Å². The SMILES string of the molecule is FC(F)CC1CN(c2ncnc3[nH]ccc23)C1. The number of aromatic amines is 1. The van der Waals surface area contributed by atoms with E-state index in [1.54, 1.807) is 6.20 Å². The van der Waals surface area contributed by atoms with Gasteiger partial charge >= 0.3 is 0 Å². The predicted octanol–water partition coefficient (Wildman–Crippen LogP) is 2.05. The Morgan fingerprint density at radius 2 is 2.24 bits per heavy atom. The first-order chi connectivity index (χ1) is 8.24. The minimum atomic E-state index is -2.21. The van der Waals surface area contributed by atoms with Crippen molar-refractivity contribution in [2.45, 2.75) is 12.8 Å². The summed E-state index contributed by atoms with van der Waals surface area (Å²) in [5.41, 5.74) is 0.785. The highest BCUT2D eigenvalue weighted by Gasteiger charge is 2.31. The number of H-pyrrole nitrogens is 1. The Hall–Kier alpha value is -1.72. The second kappa shape index (κ2) is 3.94. The molecule has 1 aliphatic rings. The van der Waals surface area contributed by atoms with Crippen molar-refractivity contribution in [2.75, 3.05) is 18.0 Å². The lowest BCUT2D eigenvalue weighted by Crippen LogP contribution is -2.47. The highest BCUT2D eigenvalue weighted by molar-refractivity contribution is 5.87. The van der Waals surface area contributed by atoms with Gasteiger partial charge < -0.3 is 9.88 Å². The number of rotatable bonds is 3. The maximum absolute atomic E-state index is 12.2. The van der Waals surface area contributed by atoms with Gasteiger partial charge in [0, 0.05) is 25.7 Å². The molecule has 3 rings (SSSR count). The van der Waals surface area contributed by atoms with E-state index in [0.29, 0.717) is 13.1 Å². The smallest absolute Gasteiger partial charge is 0.239 e. The van der Waals surface area contributed by atoms with Gasteiger partial charge in [0.05, 0.1) is 5.39 Å². The van der Waals surface area contributed by atoms with Crippen molar-refractivity contribution in [3.8, 4) is 0 Å². The van der Waals surface area contributed by atoms with E-state index in [2.05, 4.69) is 15.0 Å². The Morgan fingerprint density at radius 1 is 1.41 bits per heavy atom. The third-order valence-corrected chi connectivity index (χ3v) is 3.10. The van der Waals surface area contributed by atoms with Crippen molar-refractivity contribution in [1.82, 2.24) is 15.0 Å². The quantitative estimate of drug-likeness (QED) is 0.890. The maximum atomic E-state index is 12.2. The van der Waals surface area contributed by atoms with E-state index in [-0.39, 0.29) is 12.3 Å². The van der Waals surface area contributed by atoms with Gasteiger partial charge in [-0.1, -0.05) is 0 Å². The molecule has 0 atom stereocenters. The summed E-state index contributed by atoms with van der Waals surface area (Å²) in [5, 5.41) is 0.947. The number of hydrogen-bond acceptors (Lipinski definition) is 3. The summed E-state index contributed by atoms with van der Waals surface area (Å²) in [6.45, 7) is 1.31. The molecule has 1 aliphatic heterocycles. The van der Waals surface area contributed by atoms with Crippen molar-refractivity contribution in [2.24, 2.45) is 5.92 Å². The molecule has 1 saturated heterocycles. The Morgan fingerprint density at radius 3 is 3.00 bits per heavy atom. The zero-order chi connectivity index (χ0) is 11.8. The summed E-state index contributed by atoms with van der Waals surface area (Å²) >= 11 is 0. The van der Waals surface area contributed by atoms with Gasteiger partial charge in [-0.25, -0.2) is 18.7 Å². The Bertz CT molecular complexity index is 519. The van der Waals surface area contributed by atoms with Crippen LogP contribution in [0.2, 0.25) is 0 Å². The number of alkyl halides is 2. The second-order valence-corrected chi connectivity index (χ2v) is 4.34. The Labute approximate surface area is 96.7 Å². The molecule has 17 heavy (non-hydrogen) atoms. The highest BCUT2D eigenvalue weighted by atomic mass is 19.3. The summed E-state index contributed by atoms with van der Waals surface area (Å²) in [7, 11) is 0. The highest BCUT2D eigenvalue weighted by Crippen LogP contribution is 2.30. The molecular weight excluding hydrogens is 226 g/mol. The number of nitrogens with one attached hydrogen (secondary N) is 1. The standard InChI is InChI=1S/C11H12F2N4/c12-9(13)3-7-4-17(5-7)11-8-1-2-14-10(8)15-6-16-11/h1-2,6-7,9H,3-5H2,(H,14,15,16). The first-order valence-corrected chi connectivity index (χ1v) is 5.55. The van der Waals surface area contributed by atoms with Crippen LogP contribution in [0.4, 0.5) is 14.6 Å². The molecule has 0 aromatic carbocycles. The summed E-state index contributed by atoms with van der Waals surface area (Å²) in [5.74, 6) is 0.917. The minimum Gasteiger partial charge on any atom is -0.355 e. The topological polar surface area (TPSA) is 44.8 Å². The molecule has 0 radical (unpaired) electrons. The van der Waals surface area contributed by atoms with E-state index < -0.39 is 6.43 Å². The molecule has 0 bridgehead atoms.